The van der Waals surface area contributed by atoms with Crippen molar-refractivity contribution in [1.29, 1.82) is 0 Å². The number of benzene rings is 1. The highest BCUT2D eigenvalue weighted by Gasteiger charge is 2.26. The number of hydrogen-bond donors (Lipinski definition) is 2. The molecule has 1 heterocycles. The lowest BCUT2D eigenvalue weighted by Crippen LogP contribution is -2.25. The van der Waals surface area contributed by atoms with Crippen LogP contribution in [0.25, 0.3) is 5.76 Å². The van der Waals surface area contributed by atoms with Gasteiger partial charge in [-0.2, -0.15) is 5.21 Å². The van der Waals surface area contributed by atoms with Crippen LogP contribution in [0.5, 0.6) is 0 Å². The van der Waals surface area contributed by atoms with Gasteiger partial charge in [0, 0.05) is 5.56 Å². The third kappa shape index (κ3) is 1.54. The van der Waals surface area contributed by atoms with Crippen molar-refractivity contribution in [2.45, 2.75) is 4.90 Å². The van der Waals surface area contributed by atoms with Gasteiger partial charge in [-0.1, -0.05) is 12.1 Å². The summed E-state index contributed by atoms with van der Waals surface area (Å²) in [7, 11) is 0. The smallest absolute Gasteiger partial charge is 0.184 e. The van der Waals surface area contributed by atoms with Crippen LogP contribution in [0, 0.1) is 5.21 Å². The lowest BCUT2D eigenvalue weighted by Gasteiger charge is -2.29. The van der Waals surface area contributed by atoms with E-state index in [-0.39, 0.29) is 5.76 Å². The Kier molecular flexibility index (Phi) is 1.81. The molecule has 0 aromatic heterocycles. The molecule has 2 rings (SSSR count). The van der Waals surface area contributed by atoms with E-state index in [1.54, 1.807) is 24.3 Å². The lowest BCUT2D eigenvalue weighted by atomic mass is 10.2. The molecule has 13 heavy (non-hydrogen) atoms. The highest BCUT2D eigenvalue weighted by Crippen LogP contribution is 2.38. The topological polar surface area (TPSA) is 63.5 Å². The summed E-state index contributed by atoms with van der Waals surface area (Å²) in [5.41, 5.74) is 0.575. The van der Waals surface area contributed by atoms with Gasteiger partial charge < -0.3 is 10.3 Å². The minimum Gasteiger partial charge on any atom is -0.581 e. The molecule has 5 heteroatoms. The van der Waals surface area contributed by atoms with Gasteiger partial charge in [-0.15, -0.1) is 4.21 Å². The summed E-state index contributed by atoms with van der Waals surface area (Å²) in [6.07, 6.45) is 0.840. The molecule has 1 unspecified atom stereocenters. The number of aliphatic hydroxyl groups excluding tert-OH is 1. The molecule has 0 bridgehead atoms. The zero-order chi connectivity index (χ0) is 9.47. The first kappa shape index (κ1) is 8.58. The van der Waals surface area contributed by atoms with Crippen molar-refractivity contribution in [3.05, 3.63) is 41.2 Å². The van der Waals surface area contributed by atoms with Crippen molar-refractivity contribution in [2.75, 3.05) is 0 Å². The number of hydroxylamine groups is 2. The molecule has 1 aromatic rings. The number of quaternary nitrogens is 1. The van der Waals surface area contributed by atoms with Crippen molar-refractivity contribution < 1.29 is 14.5 Å². The Labute approximate surface area is 79.0 Å². The molecule has 1 atom stereocenters. The van der Waals surface area contributed by atoms with E-state index in [0.29, 0.717) is 10.5 Å². The molecule has 0 aliphatic carbocycles. The van der Waals surface area contributed by atoms with Gasteiger partial charge in [0.1, 0.15) is 0 Å². The molecule has 4 nitrogen and oxygen atoms in total. The number of rotatable bonds is 0. The minimum absolute atomic E-state index is 0.188. The summed E-state index contributed by atoms with van der Waals surface area (Å²) in [4.78, 5) is 0.569. The first-order chi connectivity index (χ1) is 6.08. The maximum Gasteiger partial charge on any atom is 0.184 e. The van der Waals surface area contributed by atoms with Crippen molar-refractivity contribution in [3.63, 3.8) is 0 Å². The predicted molar refractivity (Wildman–Crippen MR) is 48.3 cm³/mol. The Morgan fingerprint density at radius 1 is 1.31 bits per heavy atom. The SMILES string of the molecule is [O-][N+]1(O)C=C(O)c2ccccc2S1. The van der Waals surface area contributed by atoms with Gasteiger partial charge in [0.25, 0.3) is 0 Å². The molecule has 0 saturated heterocycles. The fourth-order valence-electron chi connectivity index (χ4n) is 1.15. The lowest BCUT2D eigenvalue weighted by molar-refractivity contribution is -0.906. The van der Waals surface area contributed by atoms with Crippen LogP contribution in [0.3, 0.4) is 0 Å². The molecule has 0 fully saturated rings. The van der Waals surface area contributed by atoms with Crippen molar-refractivity contribution in [1.82, 2.24) is 0 Å². The first-order valence-corrected chi connectivity index (χ1v) is 4.39. The largest absolute Gasteiger partial charge is 0.581 e. The van der Waals surface area contributed by atoms with Crippen LogP contribution in [-0.4, -0.2) is 14.5 Å². The summed E-state index contributed by atoms with van der Waals surface area (Å²) in [6, 6.07) is 6.85. The fraction of sp³-hybridized carbons (Fsp3) is 0. The summed E-state index contributed by atoms with van der Waals surface area (Å²) in [5.74, 6) is -0.188. The van der Waals surface area contributed by atoms with Crippen LogP contribution in [0.4, 0.5) is 0 Å². The van der Waals surface area contributed by atoms with Gasteiger partial charge in [0.15, 0.2) is 23.9 Å². The van der Waals surface area contributed by atoms with Crippen LogP contribution in [-0.2, 0) is 0 Å². The van der Waals surface area contributed by atoms with Gasteiger partial charge in [-0.3, -0.25) is 0 Å². The summed E-state index contributed by atoms with van der Waals surface area (Å²) in [5, 5.41) is 29.6. The number of aliphatic hydroxyl groups is 1. The maximum atomic E-state index is 11.1. The van der Waals surface area contributed by atoms with Crippen LogP contribution < -0.4 is 0 Å². The monoisotopic (exact) mass is 197 g/mol. The van der Waals surface area contributed by atoms with Crippen LogP contribution >= 0.6 is 11.9 Å². The van der Waals surface area contributed by atoms with Gasteiger partial charge in [-0.05, 0) is 12.1 Å². The number of fused-ring (bicyclic) bond motifs is 1. The normalized spacial score (nSPS) is 26.5. The first-order valence-electron chi connectivity index (χ1n) is 3.62. The average molecular weight is 197 g/mol. The fourth-order valence-corrected chi connectivity index (χ4v) is 1.99. The second-order valence-electron chi connectivity index (χ2n) is 2.67. The molecule has 0 saturated carbocycles. The molecular weight excluding hydrogens is 190 g/mol. The van der Waals surface area contributed by atoms with E-state index in [1.807, 2.05) is 0 Å². The second-order valence-corrected chi connectivity index (χ2v) is 3.81. The maximum absolute atomic E-state index is 11.1. The van der Waals surface area contributed by atoms with Gasteiger partial charge in [-0.25, -0.2) is 0 Å². The molecule has 68 valence electrons. The molecule has 1 aromatic carbocycles. The highest BCUT2D eigenvalue weighted by atomic mass is 32.2. The zero-order valence-electron chi connectivity index (χ0n) is 6.54. The molecule has 0 radical (unpaired) electrons. The third-order valence-corrected chi connectivity index (χ3v) is 2.60. The summed E-state index contributed by atoms with van der Waals surface area (Å²) in [6.45, 7) is 0. The predicted octanol–water partition coefficient (Wildman–Crippen LogP) is 2.27. The van der Waals surface area contributed by atoms with E-state index in [1.165, 1.54) is 0 Å². The van der Waals surface area contributed by atoms with E-state index in [4.69, 9.17) is 5.21 Å². The highest BCUT2D eigenvalue weighted by molar-refractivity contribution is 7.94. The minimum atomic E-state index is -1.62. The quantitative estimate of drug-likeness (QED) is 0.380. The van der Waals surface area contributed by atoms with Gasteiger partial charge >= 0.3 is 0 Å². The van der Waals surface area contributed by atoms with Crippen LogP contribution in [0.1, 0.15) is 5.56 Å². The van der Waals surface area contributed by atoms with E-state index in [0.717, 1.165) is 18.1 Å². The Hall–Kier alpha value is -1.01. The summed E-state index contributed by atoms with van der Waals surface area (Å²) < 4.78 is -1.62. The van der Waals surface area contributed by atoms with Crippen LogP contribution in [0.2, 0.25) is 0 Å². The van der Waals surface area contributed by atoms with Crippen molar-refractivity contribution in [2.24, 2.45) is 0 Å². The summed E-state index contributed by atoms with van der Waals surface area (Å²) >= 11 is 0.719. The van der Waals surface area contributed by atoms with E-state index in [2.05, 4.69) is 0 Å². The van der Waals surface area contributed by atoms with Gasteiger partial charge in [0.05, 0.1) is 4.90 Å². The molecule has 1 aliphatic rings. The Bertz CT molecular complexity index is 375. The van der Waals surface area contributed by atoms with E-state index in [9.17, 15) is 10.3 Å². The van der Waals surface area contributed by atoms with E-state index >= 15 is 0 Å². The molecule has 0 spiro atoms. The second kappa shape index (κ2) is 2.74. The Balaban J connectivity index is 2.55. The molecular formula is C8H7NO3S. The van der Waals surface area contributed by atoms with Crippen molar-refractivity contribution >= 4 is 17.7 Å². The standard InChI is InChI=1S/C8H7NO3S/c10-7-5-9(11,12)13-8-4-2-1-3-6(7)8/h1-5,10-11H. The third-order valence-electron chi connectivity index (χ3n) is 1.68. The van der Waals surface area contributed by atoms with E-state index < -0.39 is 4.21 Å². The van der Waals surface area contributed by atoms with Gasteiger partial charge in [0.2, 0.25) is 0 Å². The average Bonchev–Trinajstić information content (AvgIpc) is 2.02. The number of nitrogens with zero attached hydrogens (tertiary/aromatic N) is 1. The number of hydrogen-bond acceptors (Lipinski definition) is 4. The zero-order valence-corrected chi connectivity index (χ0v) is 7.36. The Morgan fingerprint density at radius 2 is 2.00 bits per heavy atom. The Morgan fingerprint density at radius 3 is 2.77 bits per heavy atom. The molecule has 0 amide bonds. The van der Waals surface area contributed by atoms with Crippen LogP contribution in [0.15, 0.2) is 35.4 Å². The molecule has 2 N–H and O–H groups in total. The molecule has 1 aliphatic heterocycles. The van der Waals surface area contributed by atoms with Crippen molar-refractivity contribution in [3.8, 4) is 0 Å².